The molecule has 10 heteroatoms. The summed E-state index contributed by atoms with van der Waals surface area (Å²) in [6, 6.07) is 11.6. The van der Waals surface area contributed by atoms with Crippen molar-refractivity contribution in [3.05, 3.63) is 66.9 Å². The summed E-state index contributed by atoms with van der Waals surface area (Å²) >= 11 is 3.13. The Balaban J connectivity index is 1.23. The van der Waals surface area contributed by atoms with Crippen LogP contribution in [-0.4, -0.2) is 30.3 Å². The van der Waals surface area contributed by atoms with Crippen LogP contribution in [0.2, 0.25) is 0 Å². The van der Waals surface area contributed by atoms with Crippen LogP contribution in [-0.2, 0) is 22.4 Å². The molecule has 0 N–H and O–H groups in total. The molecule has 232 valence electrons. The predicted octanol–water partition coefficient (Wildman–Crippen LogP) is 7.85. The van der Waals surface area contributed by atoms with E-state index in [1.54, 1.807) is 31.5 Å². The molecule has 0 aliphatic heterocycles. The van der Waals surface area contributed by atoms with E-state index in [1.807, 2.05) is 50.2 Å². The molecule has 46 heavy (non-hydrogen) atoms. The minimum absolute atomic E-state index is 0.148. The highest BCUT2D eigenvalue weighted by Crippen LogP contribution is 2.38. The first kappa shape index (κ1) is 29.1. The first-order valence-corrected chi connectivity index (χ1v) is 17.8. The molecule has 0 saturated heterocycles. The van der Waals surface area contributed by atoms with Crippen molar-refractivity contribution >= 4 is 98.5 Å². The van der Waals surface area contributed by atoms with Crippen LogP contribution < -0.4 is 11.1 Å². The average Bonchev–Trinajstić information content (AvgIpc) is 3.78. The van der Waals surface area contributed by atoms with E-state index in [-0.39, 0.29) is 11.1 Å². The minimum atomic E-state index is -0.148. The van der Waals surface area contributed by atoms with Gasteiger partial charge in [-0.05, 0) is 74.9 Å². The van der Waals surface area contributed by atoms with Crippen LogP contribution in [0, 0.1) is 0 Å². The third-order valence-electron chi connectivity index (χ3n) is 9.10. The summed E-state index contributed by atoms with van der Waals surface area (Å²) in [5.41, 5.74) is 2.44. The largest absolute Gasteiger partial charge is 0.300 e. The van der Waals surface area contributed by atoms with Gasteiger partial charge < -0.3 is 0 Å². The van der Waals surface area contributed by atoms with Crippen LogP contribution in [0.5, 0.6) is 0 Å². The minimum Gasteiger partial charge on any atom is -0.300 e. The van der Waals surface area contributed by atoms with Crippen molar-refractivity contribution in [1.82, 2.24) is 18.8 Å². The molecule has 0 aliphatic carbocycles. The number of carbonyl (C=O) groups excluding carboxylic acids is 2. The molecule has 0 saturated carbocycles. The number of hydrogen-bond donors (Lipinski definition) is 0. The highest BCUT2D eigenvalue weighted by molar-refractivity contribution is 7.19. The number of Topliss-reactive ketones (excluding diaryl/α,β-unsaturated/α-hetero) is 2. The van der Waals surface area contributed by atoms with Crippen LogP contribution in [0.4, 0.5) is 0 Å². The zero-order chi connectivity index (χ0) is 31.7. The number of imidazole rings is 2. The van der Waals surface area contributed by atoms with Crippen molar-refractivity contribution < 1.29 is 9.59 Å². The third-order valence-corrected chi connectivity index (χ3v) is 11.4. The first-order chi connectivity index (χ1) is 22.4. The van der Waals surface area contributed by atoms with Crippen LogP contribution in [0.3, 0.4) is 0 Å². The second-order valence-electron chi connectivity index (χ2n) is 12.3. The van der Waals surface area contributed by atoms with Gasteiger partial charge in [0.05, 0.1) is 0 Å². The van der Waals surface area contributed by atoms with Crippen LogP contribution >= 0.6 is 22.7 Å². The molecule has 0 spiro atoms. The van der Waals surface area contributed by atoms with Gasteiger partial charge in [-0.2, -0.15) is 0 Å². The van der Waals surface area contributed by atoms with E-state index in [4.69, 9.17) is 9.97 Å². The van der Waals surface area contributed by atoms with Gasteiger partial charge in [-0.1, -0.05) is 13.8 Å². The molecular weight excluding hydrogens is 617 g/mol. The number of nitrogens with zero attached hydrogens (tertiary/aromatic N) is 4. The van der Waals surface area contributed by atoms with Gasteiger partial charge in [0, 0.05) is 67.8 Å². The zero-order valence-electron chi connectivity index (χ0n) is 25.8. The summed E-state index contributed by atoms with van der Waals surface area (Å²) in [6.45, 7) is 4.04. The molecule has 8 rings (SSSR count). The van der Waals surface area contributed by atoms with Gasteiger partial charge in [-0.25, -0.2) is 18.8 Å². The third kappa shape index (κ3) is 4.45. The van der Waals surface area contributed by atoms with E-state index in [0.717, 1.165) is 90.5 Å². The highest BCUT2D eigenvalue weighted by Gasteiger charge is 2.24. The average molecular weight is 649 g/mol. The summed E-state index contributed by atoms with van der Waals surface area (Å²) in [5.74, 6) is 0.597. The van der Waals surface area contributed by atoms with E-state index in [1.165, 1.54) is 0 Å². The molecule has 0 unspecified atom stereocenters. The zero-order valence-corrected chi connectivity index (χ0v) is 27.4. The maximum Gasteiger partial charge on any atom is 0.265 e. The number of aryl methyl sites for hydroxylation is 2. The SMILES string of the molecule is CCCC(=O)CCCc1cc2nc3c4ccc5c(=O)n6c(nc7cc(CCCC(=O)CCC)sc76)c6ccc(c(=O)n3c2s1)c4c56. The summed E-state index contributed by atoms with van der Waals surface area (Å²) in [7, 11) is 0. The number of benzene rings is 2. The molecule has 6 aromatic heterocycles. The number of pyridine rings is 2. The number of ketones is 2. The van der Waals surface area contributed by atoms with Gasteiger partial charge in [0.15, 0.2) is 0 Å². The lowest BCUT2D eigenvalue weighted by molar-refractivity contribution is -0.120. The fraction of sp³-hybridized carbons (Fsp3) is 0.333. The van der Waals surface area contributed by atoms with Crippen LogP contribution in [0.15, 0.2) is 46.0 Å². The van der Waals surface area contributed by atoms with Crippen LogP contribution in [0.1, 0.15) is 75.0 Å². The normalized spacial score (nSPS) is 12.5. The lowest BCUT2D eigenvalue weighted by Gasteiger charge is -2.11. The second-order valence-corrected chi connectivity index (χ2v) is 14.5. The lowest BCUT2D eigenvalue weighted by atomic mass is 9.96. The molecular formula is C36H32N4O4S2. The van der Waals surface area contributed by atoms with Gasteiger partial charge >= 0.3 is 0 Å². The lowest BCUT2D eigenvalue weighted by Crippen LogP contribution is -2.16. The fourth-order valence-corrected chi connectivity index (χ4v) is 9.29. The number of thiophene rings is 2. The number of fused-ring (bicyclic) bond motifs is 8. The second kappa shape index (κ2) is 11.2. The van der Waals surface area contributed by atoms with Crippen molar-refractivity contribution in [1.29, 1.82) is 0 Å². The number of aromatic nitrogens is 4. The molecule has 8 nitrogen and oxygen atoms in total. The quantitative estimate of drug-likeness (QED) is 0.125. The Labute approximate surface area is 271 Å². The molecule has 0 aliphatic rings. The maximum atomic E-state index is 14.1. The highest BCUT2D eigenvalue weighted by atomic mass is 32.1. The summed E-state index contributed by atoms with van der Waals surface area (Å²) < 4.78 is 3.42. The molecule has 8 aromatic rings. The molecule has 2 aromatic carbocycles. The van der Waals surface area contributed by atoms with Crippen molar-refractivity contribution in [3.63, 3.8) is 0 Å². The fourth-order valence-electron chi connectivity index (χ4n) is 7.02. The summed E-state index contributed by atoms with van der Waals surface area (Å²) in [4.78, 5) is 65.8. The standard InChI is InChI=1S/C36H32N4O4S2/c1-3-7-19(41)9-5-11-21-17-27-35(45-21)39-31(37-27)23-13-16-26-30-24(14-15-25(29(23)30)33(39)43)32-38-28-18-22(12-6-10-20(42)8-4-2)46-36(28)40(32)34(26)44/h13-18H,3-12H2,1-2H3. The number of hydrogen-bond acceptors (Lipinski definition) is 8. The molecule has 0 amide bonds. The van der Waals surface area contributed by atoms with Crippen molar-refractivity contribution in [3.8, 4) is 0 Å². The van der Waals surface area contributed by atoms with Gasteiger partial charge in [-0.3, -0.25) is 19.2 Å². The van der Waals surface area contributed by atoms with Crippen LogP contribution in [0.25, 0.3) is 64.3 Å². The van der Waals surface area contributed by atoms with Gasteiger partial charge in [0.1, 0.15) is 43.6 Å². The Bertz CT molecular complexity index is 2430. The molecule has 6 heterocycles. The Morgan fingerprint density at radius 2 is 1.04 bits per heavy atom. The molecule has 0 fully saturated rings. The smallest absolute Gasteiger partial charge is 0.265 e. The van der Waals surface area contributed by atoms with E-state index in [0.29, 0.717) is 59.3 Å². The van der Waals surface area contributed by atoms with Gasteiger partial charge in [0.25, 0.3) is 11.1 Å². The van der Waals surface area contributed by atoms with Crippen molar-refractivity contribution in [2.45, 2.75) is 78.1 Å². The molecule has 0 bridgehead atoms. The molecule has 0 radical (unpaired) electrons. The first-order valence-electron chi connectivity index (χ1n) is 16.1. The Kier molecular flexibility index (Phi) is 7.10. The van der Waals surface area contributed by atoms with E-state index >= 15 is 0 Å². The summed E-state index contributed by atoms with van der Waals surface area (Å²) in [6.07, 6.45) is 7.30. The van der Waals surface area contributed by atoms with Gasteiger partial charge in [-0.15, -0.1) is 22.7 Å². The van der Waals surface area contributed by atoms with E-state index in [9.17, 15) is 19.2 Å². The van der Waals surface area contributed by atoms with Gasteiger partial charge in [0.2, 0.25) is 0 Å². The Morgan fingerprint density at radius 3 is 1.46 bits per heavy atom. The number of carbonyl (C=O) groups is 2. The topological polar surface area (TPSA) is 103 Å². The van der Waals surface area contributed by atoms with Crippen molar-refractivity contribution in [2.24, 2.45) is 0 Å². The van der Waals surface area contributed by atoms with E-state index < -0.39 is 0 Å². The van der Waals surface area contributed by atoms with Crippen molar-refractivity contribution in [2.75, 3.05) is 0 Å². The predicted molar refractivity (Wildman–Crippen MR) is 188 cm³/mol. The monoisotopic (exact) mass is 648 g/mol. The summed E-state index contributed by atoms with van der Waals surface area (Å²) in [5, 5.41) is 4.28. The Hall–Kier alpha value is -4.28. The van der Waals surface area contributed by atoms with E-state index in [2.05, 4.69) is 0 Å². The number of rotatable bonds is 12. The molecule has 0 atom stereocenters. The maximum absolute atomic E-state index is 14.1. The Morgan fingerprint density at radius 1 is 0.630 bits per heavy atom.